The maximum atomic E-state index is 9.69. The van der Waals surface area contributed by atoms with Crippen LogP contribution in [0, 0.1) is 0 Å². The third kappa shape index (κ3) is 2.66. The van der Waals surface area contributed by atoms with Crippen molar-refractivity contribution in [2.45, 2.75) is 13.8 Å². The van der Waals surface area contributed by atoms with Crippen molar-refractivity contribution in [3.8, 4) is 0 Å². The Morgan fingerprint density at radius 3 is 2.43 bits per heavy atom. The molecular formula is C12H15NO. The molecule has 1 aromatic rings. The van der Waals surface area contributed by atoms with Gasteiger partial charge in [0.25, 0.3) is 0 Å². The van der Waals surface area contributed by atoms with Gasteiger partial charge in [-0.3, -0.25) is 0 Å². The summed E-state index contributed by atoms with van der Waals surface area (Å²) in [5.74, 6) is 0.198. The summed E-state index contributed by atoms with van der Waals surface area (Å²) < 4.78 is 0. The molecule has 0 aliphatic carbocycles. The summed E-state index contributed by atoms with van der Waals surface area (Å²) in [5.41, 5.74) is 8.09. The first-order valence-corrected chi connectivity index (χ1v) is 4.50. The fraction of sp³-hybridized carbons (Fsp3) is 0.167. The Morgan fingerprint density at radius 2 is 1.86 bits per heavy atom. The van der Waals surface area contributed by atoms with Gasteiger partial charge in [-0.25, -0.2) is 0 Å². The number of para-hydroxylation sites is 1. The minimum absolute atomic E-state index is 0.198. The van der Waals surface area contributed by atoms with Crippen LogP contribution in [-0.4, -0.2) is 5.11 Å². The van der Waals surface area contributed by atoms with Crippen molar-refractivity contribution in [1.82, 2.24) is 0 Å². The molecule has 0 unspecified atom stereocenters. The minimum Gasteiger partial charge on any atom is -0.507 e. The number of hydrogen-bond acceptors (Lipinski definition) is 2. The van der Waals surface area contributed by atoms with Crippen LogP contribution in [0.5, 0.6) is 0 Å². The second-order valence-electron chi connectivity index (χ2n) is 3.38. The van der Waals surface area contributed by atoms with Gasteiger partial charge in [-0.1, -0.05) is 23.8 Å². The van der Waals surface area contributed by atoms with Crippen LogP contribution in [0.4, 0.5) is 5.69 Å². The van der Waals surface area contributed by atoms with Crippen LogP contribution in [0.1, 0.15) is 19.4 Å². The number of hydrogen-bond donors (Lipinski definition) is 2. The second kappa shape index (κ2) is 4.51. The molecule has 2 nitrogen and oxygen atoms in total. The van der Waals surface area contributed by atoms with Crippen molar-refractivity contribution in [3.63, 3.8) is 0 Å². The molecule has 2 heteroatoms. The Labute approximate surface area is 84.4 Å². The van der Waals surface area contributed by atoms with Gasteiger partial charge in [0, 0.05) is 11.3 Å². The molecule has 1 rings (SSSR count). The van der Waals surface area contributed by atoms with Crippen molar-refractivity contribution < 1.29 is 5.11 Å². The molecule has 0 fully saturated rings. The van der Waals surface area contributed by atoms with Crippen LogP contribution in [0.25, 0.3) is 5.76 Å². The molecular weight excluding hydrogens is 174 g/mol. The Bertz CT molecular complexity index is 374. The Kier molecular flexibility index (Phi) is 3.35. The van der Waals surface area contributed by atoms with E-state index >= 15 is 0 Å². The van der Waals surface area contributed by atoms with E-state index in [0.717, 1.165) is 5.57 Å². The molecule has 74 valence electrons. The average Bonchev–Trinajstić information content (AvgIpc) is 2.15. The number of rotatable bonds is 2. The van der Waals surface area contributed by atoms with Crippen molar-refractivity contribution in [1.29, 1.82) is 0 Å². The maximum absolute atomic E-state index is 9.69. The highest BCUT2D eigenvalue weighted by atomic mass is 16.3. The molecule has 0 amide bonds. The normalized spacial score (nSPS) is 11.1. The topological polar surface area (TPSA) is 46.2 Å². The predicted octanol–water partition coefficient (Wildman–Crippen LogP) is 3.13. The Hall–Kier alpha value is -1.70. The van der Waals surface area contributed by atoms with E-state index in [1.807, 2.05) is 32.1 Å². The SMILES string of the molecule is CC(C)=C/C=C(\O)c1ccccc1N. The van der Waals surface area contributed by atoms with Gasteiger partial charge in [-0.2, -0.15) is 0 Å². The van der Waals surface area contributed by atoms with Gasteiger partial charge in [0.1, 0.15) is 5.76 Å². The summed E-state index contributed by atoms with van der Waals surface area (Å²) in [7, 11) is 0. The highest BCUT2D eigenvalue weighted by Gasteiger charge is 2.00. The lowest BCUT2D eigenvalue weighted by Crippen LogP contribution is -1.92. The number of aliphatic hydroxyl groups is 1. The number of benzene rings is 1. The molecule has 0 radical (unpaired) electrons. The third-order valence-electron chi connectivity index (χ3n) is 1.81. The molecule has 0 aromatic heterocycles. The van der Waals surface area contributed by atoms with Crippen LogP contribution in [0.3, 0.4) is 0 Å². The lowest BCUT2D eigenvalue weighted by Gasteiger charge is -2.02. The Balaban J connectivity index is 3.01. The first kappa shape index (κ1) is 10.4. The third-order valence-corrected chi connectivity index (χ3v) is 1.81. The molecule has 0 heterocycles. The monoisotopic (exact) mass is 189 g/mol. The quantitative estimate of drug-likeness (QED) is 0.426. The van der Waals surface area contributed by atoms with Crippen molar-refractivity contribution in [2.75, 3.05) is 5.73 Å². The predicted molar refractivity (Wildman–Crippen MR) is 60.9 cm³/mol. The summed E-state index contributed by atoms with van der Waals surface area (Å²) in [6.07, 6.45) is 3.50. The number of nitrogens with two attached hydrogens (primary N) is 1. The van der Waals surface area contributed by atoms with Crippen LogP contribution in [0.15, 0.2) is 42.0 Å². The summed E-state index contributed by atoms with van der Waals surface area (Å²) in [6, 6.07) is 7.24. The molecule has 0 aliphatic heterocycles. The van der Waals surface area contributed by atoms with E-state index in [1.165, 1.54) is 0 Å². The lowest BCUT2D eigenvalue weighted by atomic mass is 10.1. The van der Waals surface area contributed by atoms with Crippen LogP contribution in [0.2, 0.25) is 0 Å². The van der Waals surface area contributed by atoms with E-state index < -0.39 is 0 Å². The zero-order chi connectivity index (χ0) is 10.6. The maximum Gasteiger partial charge on any atom is 0.124 e. The van der Waals surface area contributed by atoms with Gasteiger partial charge < -0.3 is 10.8 Å². The van der Waals surface area contributed by atoms with Crippen molar-refractivity contribution in [3.05, 3.63) is 47.6 Å². The number of allylic oxidation sites excluding steroid dienone is 3. The van der Waals surface area contributed by atoms with Gasteiger partial charge in [-0.15, -0.1) is 0 Å². The van der Waals surface area contributed by atoms with E-state index in [-0.39, 0.29) is 5.76 Å². The van der Waals surface area contributed by atoms with Gasteiger partial charge >= 0.3 is 0 Å². The van der Waals surface area contributed by atoms with Crippen molar-refractivity contribution >= 4 is 11.4 Å². The van der Waals surface area contributed by atoms with E-state index in [1.54, 1.807) is 18.2 Å². The van der Waals surface area contributed by atoms with E-state index in [9.17, 15) is 5.11 Å². The zero-order valence-corrected chi connectivity index (χ0v) is 8.49. The largest absolute Gasteiger partial charge is 0.507 e. The molecule has 0 bridgehead atoms. The molecule has 1 aromatic carbocycles. The molecule has 0 atom stereocenters. The van der Waals surface area contributed by atoms with Gasteiger partial charge in [0.2, 0.25) is 0 Å². The van der Waals surface area contributed by atoms with Crippen LogP contribution in [-0.2, 0) is 0 Å². The molecule has 0 saturated heterocycles. The molecule has 3 N–H and O–H groups in total. The summed E-state index contributed by atoms with van der Waals surface area (Å²) in [4.78, 5) is 0. The summed E-state index contributed by atoms with van der Waals surface area (Å²) in [5, 5.41) is 9.69. The molecule has 0 saturated carbocycles. The van der Waals surface area contributed by atoms with E-state index in [0.29, 0.717) is 11.3 Å². The van der Waals surface area contributed by atoms with Crippen LogP contribution < -0.4 is 5.73 Å². The standard InChI is InChI=1S/C12H15NO/c1-9(2)7-8-12(14)10-5-3-4-6-11(10)13/h3-8,14H,13H2,1-2H3/b12-8-. The average molecular weight is 189 g/mol. The van der Waals surface area contributed by atoms with Gasteiger partial charge in [0.05, 0.1) is 0 Å². The fourth-order valence-corrected chi connectivity index (χ4v) is 1.07. The smallest absolute Gasteiger partial charge is 0.124 e. The number of anilines is 1. The van der Waals surface area contributed by atoms with Crippen LogP contribution >= 0.6 is 0 Å². The zero-order valence-electron chi connectivity index (χ0n) is 8.49. The van der Waals surface area contributed by atoms with Gasteiger partial charge in [-0.05, 0) is 32.1 Å². The van der Waals surface area contributed by atoms with Crippen molar-refractivity contribution in [2.24, 2.45) is 0 Å². The summed E-state index contributed by atoms with van der Waals surface area (Å²) in [6.45, 7) is 3.94. The molecule has 0 aliphatic rings. The number of nitrogen functional groups attached to an aromatic ring is 1. The van der Waals surface area contributed by atoms with E-state index in [2.05, 4.69) is 0 Å². The minimum atomic E-state index is 0.198. The molecule has 14 heavy (non-hydrogen) atoms. The Morgan fingerprint density at radius 1 is 1.21 bits per heavy atom. The molecule has 0 spiro atoms. The first-order chi connectivity index (χ1) is 6.61. The summed E-state index contributed by atoms with van der Waals surface area (Å²) >= 11 is 0. The highest BCUT2D eigenvalue weighted by molar-refractivity contribution is 5.70. The van der Waals surface area contributed by atoms with Gasteiger partial charge in [0.15, 0.2) is 0 Å². The fourth-order valence-electron chi connectivity index (χ4n) is 1.07. The first-order valence-electron chi connectivity index (χ1n) is 4.50. The van der Waals surface area contributed by atoms with E-state index in [4.69, 9.17) is 5.73 Å². The second-order valence-corrected chi connectivity index (χ2v) is 3.38. The lowest BCUT2D eigenvalue weighted by molar-refractivity contribution is 0.512. The number of aliphatic hydroxyl groups excluding tert-OH is 1. The highest BCUT2D eigenvalue weighted by Crippen LogP contribution is 2.18.